The molecule has 1 N–H and O–H groups in total. The van der Waals surface area contributed by atoms with Crippen LogP contribution in [0.4, 0.5) is 0 Å². The number of carbonyl (C=O) groups is 2. The maximum Gasteiger partial charge on any atom is 0.312 e. The lowest BCUT2D eigenvalue weighted by Gasteiger charge is -2.42. The number of carboxylic acids is 1. The van der Waals surface area contributed by atoms with Gasteiger partial charge < -0.3 is 14.7 Å². The van der Waals surface area contributed by atoms with Crippen molar-refractivity contribution in [2.45, 2.75) is 37.6 Å². The summed E-state index contributed by atoms with van der Waals surface area (Å²) in [6, 6.07) is 15.7. The first-order valence-corrected chi connectivity index (χ1v) is 9.76. The van der Waals surface area contributed by atoms with E-state index in [-0.39, 0.29) is 12.5 Å². The van der Waals surface area contributed by atoms with E-state index in [0.29, 0.717) is 32.6 Å². The van der Waals surface area contributed by atoms with E-state index >= 15 is 0 Å². The Morgan fingerprint density at radius 2 is 1.75 bits per heavy atom. The molecule has 1 amide bonds. The van der Waals surface area contributed by atoms with Crippen molar-refractivity contribution in [1.82, 2.24) is 4.90 Å². The molecule has 0 radical (unpaired) electrons. The number of ether oxygens (including phenoxy) is 1. The van der Waals surface area contributed by atoms with E-state index in [4.69, 9.17) is 4.74 Å². The summed E-state index contributed by atoms with van der Waals surface area (Å²) >= 11 is 0. The molecule has 2 heterocycles. The average Bonchev–Trinajstić information content (AvgIpc) is 2.73. The molecule has 2 aromatic carbocycles. The molecule has 1 saturated heterocycles. The van der Waals surface area contributed by atoms with Crippen molar-refractivity contribution in [1.29, 1.82) is 0 Å². The van der Waals surface area contributed by atoms with Gasteiger partial charge >= 0.3 is 5.97 Å². The highest BCUT2D eigenvalue weighted by Gasteiger charge is 2.46. The van der Waals surface area contributed by atoms with Crippen LogP contribution < -0.4 is 0 Å². The Morgan fingerprint density at radius 3 is 2.43 bits per heavy atom. The van der Waals surface area contributed by atoms with Crippen molar-refractivity contribution in [3.63, 3.8) is 0 Å². The zero-order valence-electron chi connectivity index (χ0n) is 16.1. The van der Waals surface area contributed by atoms with Crippen molar-refractivity contribution in [3.8, 4) is 0 Å². The number of aryl methyl sites for hydroxylation is 1. The van der Waals surface area contributed by atoms with Gasteiger partial charge in [0, 0.05) is 26.3 Å². The molecule has 1 fully saturated rings. The van der Waals surface area contributed by atoms with Gasteiger partial charge in [-0.2, -0.15) is 0 Å². The molecule has 1 atom stereocenters. The van der Waals surface area contributed by atoms with Crippen molar-refractivity contribution in [2.24, 2.45) is 0 Å². The quantitative estimate of drug-likeness (QED) is 0.889. The summed E-state index contributed by atoms with van der Waals surface area (Å²) in [6.07, 6.45) is 1.23. The van der Waals surface area contributed by atoms with Crippen LogP contribution >= 0.6 is 0 Å². The zero-order valence-corrected chi connectivity index (χ0v) is 16.1. The van der Waals surface area contributed by atoms with E-state index in [9.17, 15) is 14.7 Å². The van der Waals surface area contributed by atoms with Gasteiger partial charge in [-0.05, 0) is 36.5 Å². The topological polar surface area (TPSA) is 66.8 Å². The molecule has 28 heavy (non-hydrogen) atoms. The molecule has 2 aliphatic heterocycles. The maximum absolute atomic E-state index is 13.8. The summed E-state index contributed by atoms with van der Waals surface area (Å²) in [6.45, 7) is 3.76. The van der Waals surface area contributed by atoms with Crippen molar-refractivity contribution in [3.05, 3.63) is 70.8 Å². The van der Waals surface area contributed by atoms with Crippen LogP contribution in [-0.2, 0) is 26.3 Å². The van der Waals surface area contributed by atoms with E-state index in [2.05, 4.69) is 0 Å². The van der Waals surface area contributed by atoms with Crippen LogP contribution in [0, 0.1) is 6.92 Å². The van der Waals surface area contributed by atoms with E-state index in [1.54, 1.807) is 4.90 Å². The Kier molecular flexibility index (Phi) is 4.94. The van der Waals surface area contributed by atoms with Crippen LogP contribution in [0.15, 0.2) is 48.5 Å². The predicted molar refractivity (Wildman–Crippen MR) is 105 cm³/mol. The van der Waals surface area contributed by atoms with Crippen LogP contribution in [0.3, 0.4) is 0 Å². The summed E-state index contributed by atoms with van der Waals surface area (Å²) in [5.74, 6) is -1.56. The molecule has 5 heteroatoms. The Bertz CT molecular complexity index is 884. The van der Waals surface area contributed by atoms with Gasteiger partial charge in [-0.15, -0.1) is 0 Å². The number of nitrogens with zero attached hydrogens (tertiary/aromatic N) is 1. The van der Waals surface area contributed by atoms with E-state index in [1.807, 2.05) is 55.5 Å². The van der Waals surface area contributed by atoms with Gasteiger partial charge in [-0.3, -0.25) is 9.59 Å². The van der Waals surface area contributed by atoms with E-state index in [0.717, 1.165) is 22.3 Å². The number of carboxylic acid groups (broad SMARTS) is 1. The van der Waals surface area contributed by atoms with Crippen molar-refractivity contribution in [2.75, 3.05) is 19.8 Å². The zero-order chi connectivity index (χ0) is 19.7. The Balaban J connectivity index is 1.71. The van der Waals surface area contributed by atoms with Crippen LogP contribution in [0.1, 0.15) is 41.0 Å². The Hall–Kier alpha value is -2.66. The van der Waals surface area contributed by atoms with Gasteiger partial charge in [0.25, 0.3) is 0 Å². The monoisotopic (exact) mass is 379 g/mol. The van der Waals surface area contributed by atoms with Gasteiger partial charge in [-0.25, -0.2) is 0 Å². The molecule has 5 nitrogen and oxygen atoms in total. The number of benzene rings is 2. The van der Waals surface area contributed by atoms with Gasteiger partial charge in [-0.1, -0.05) is 54.1 Å². The van der Waals surface area contributed by atoms with Crippen LogP contribution in [0.2, 0.25) is 0 Å². The number of fused-ring (bicyclic) bond motifs is 1. The molecule has 1 unspecified atom stereocenters. The molecular formula is C23H25NO4. The second kappa shape index (κ2) is 7.40. The number of rotatable bonds is 3. The molecule has 4 rings (SSSR count). The summed E-state index contributed by atoms with van der Waals surface area (Å²) < 4.78 is 5.56. The van der Waals surface area contributed by atoms with E-state index in [1.165, 1.54) is 0 Å². The molecule has 2 aromatic rings. The second-order valence-electron chi connectivity index (χ2n) is 7.84. The smallest absolute Gasteiger partial charge is 0.312 e. The van der Waals surface area contributed by atoms with Gasteiger partial charge in [0.2, 0.25) is 5.91 Å². The minimum Gasteiger partial charge on any atom is -0.481 e. The number of aliphatic carboxylic acids is 1. The largest absolute Gasteiger partial charge is 0.481 e. The number of amides is 1. The first kappa shape index (κ1) is 18.7. The minimum atomic E-state index is -0.888. The van der Waals surface area contributed by atoms with Crippen LogP contribution in [0.25, 0.3) is 0 Å². The lowest BCUT2D eigenvalue weighted by molar-refractivity contribution is -0.146. The highest BCUT2D eigenvalue weighted by Crippen LogP contribution is 2.39. The molecular weight excluding hydrogens is 354 g/mol. The van der Waals surface area contributed by atoms with Crippen molar-refractivity contribution < 1.29 is 19.4 Å². The fourth-order valence-corrected chi connectivity index (χ4v) is 4.49. The van der Waals surface area contributed by atoms with E-state index < -0.39 is 17.3 Å². The first-order valence-electron chi connectivity index (χ1n) is 9.76. The molecule has 0 aromatic heterocycles. The summed E-state index contributed by atoms with van der Waals surface area (Å²) in [4.78, 5) is 27.4. The van der Waals surface area contributed by atoms with Gasteiger partial charge in [0.05, 0.1) is 11.3 Å². The predicted octanol–water partition coefficient (Wildman–Crippen LogP) is 3.25. The summed E-state index contributed by atoms with van der Waals surface area (Å²) in [5, 5.41) is 9.75. The number of hydrogen-bond donors (Lipinski definition) is 1. The maximum atomic E-state index is 13.8. The van der Waals surface area contributed by atoms with Crippen LogP contribution in [-0.4, -0.2) is 41.6 Å². The normalized spacial score (nSPS) is 21.0. The Labute approximate surface area is 164 Å². The third-order valence-electron chi connectivity index (χ3n) is 6.14. The van der Waals surface area contributed by atoms with Crippen LogP contribution in [0.5, 0.6) is 0 Å². The standard InChI is InChI=1S/C23H25NO4/c1-16-6-8-18(9-7-16)23(10-12-28-13-11-23)22(27)24-14-17-4-2-3-5-19(17)20(15-24)21(25)26/h2-9,20H,10-15H2,1H3,(H,25,26). The van der Waals surface area contributed by atoms with Gasteiger partial charge in [0.15, 0.2) is 0 Å². The fourth-order valence-electron chi connectivity index (χ4n) is 4.49. The molecule has 2 aliphatic rings. The third-order valence-corrected chi connectivity index (χ3v) is 6.14. The lowest BCUT2D eigenvalue weighted by atomic mass is 9.72. The molecule has 0 spiro atoms. The highest BCUT2D eigenvalue weighted by atomic mass is 16.5. The molecule has 0 aliphatic carbocycles. The SMILES string of the molecule is Cc1ccc(C2(C(=O)N3Cc4ccccc4C(C(=O)O)C3)CCOCC2)cc1. The summed E-state index contributed by atoms with van der Waals surface area (Å²) in [7, 11) is 0. The first-order chi connectivity index (χ1) is 13.5. The third kappa shape index (κ3) is 3.20. The molecule has 146 valence electrons. The number of hydrogen-bond acceptors (Lipinski definition) is 3. The minimum absolute atomic E-state index is 0.0143. The highest BCUT2D eigenvalue weighted by molar-refractivity contribution is 5.90. The Morgan fingerprint density at radius 1 is 1.07 bits per heavy atom. The molecule has 0 bridgehead atoms. The number of carbonyl (C=O) groups excluding carboxylic acids is 1. The average molecular weight is 379 g/mol. The second-order valence-corrected chi connectivity index (χ2v) is 7.84. The van der Waals surface area contributed by atoms with Crippen molar-refractivity contribution >= 4 is 11.9 Å². The molecule has 0 saturated carbocycles. The summed E-state index contributed by atoms with van der Waals surface area (Å²) in [5.41, 5.74) is 3.23. The fraction of sp³-hybridized carbons (Fsp3) is 0.391. The van der Waals surface area contributed by atoms with Gasteiger partial charge in [0.1, 0.15) is 0 Å². The lowest BCUT2D eigenvalue weighted by Crippen LogP contribution is -2.52.